The van der Waals surface area contributed by atoms with Crippen LogP contribution in [0.5, 0.6) is 5.75 Å². The van der Waals surface area contributed by atoms with Crippen molar-refractivity contribution in [3.05, 3.63) is 58.6 Å². The number of carbonyl (C=O) groups excluding carboxylic acids is 1. The number of hydrogen-bond acceptors (Lipinski definition) is 3. The van der Waals surface area contributed by atoms with Crippen LogP contribution in [0.4, 0.5) is 5.69 Å². The predicted molar refractivity (Wildman–Crippen MR) is 87.0 cm³/mol. The molecule has 0 aliphatic carbocycles. The molecule has 0 spiro atoms. The van der Waals surface area contributed by atoms with E-state index in [-0.39, 0.29) is 12.5 Å². The molecule has 0 saturated carbocycles. The Morgan fingerprint density at radius 2 is 1.95 bits per heavy atom. The molecule has 0 aliphatic rings. The molecule has 0 bridgehead atoms. The van der Waals surface area contributed by atoms with Crippen molar-refractivity contribution in [1.82, 2.24) is 4.90 Å². The Hall–Kier alpha value is -2.01. The highest BCUT2D eigenvalue weighted by atomic mass is 79.9. The summed E-state index contributed by atoms with van der Waals surface area (Å²) in [7, 11) is 1.76. The summed E-state index contributed by atoms with van der Waals surface area (Å²) < 4.78 is 6.45. The first-order valence-electron chi connectivity index (χ1n) is 6.51. The maximum Gasteiger partial charge on any atom is 0.260 e. The van der Waals surface area contributed by atoms with Gasteiger partial charge in [0.15, 0.2) is 6.61 Å². The van der Waals surface area contributed by atoms with Crippen LogP contribution in [0.25, 0.3) is 0 Å². The Bertz CT molecular complexity index is 614. The third-order valence-electron chi connectivity index (χ3n) is 2.98. The summed E-state index contributed by atoms with van der Waals surface area (Å²) in [6.45, 7) is 0.553. The SMILES string of the molecule is CN(Cc1cccc(Br)c1)C(=O)COc1ccc(N)cc1. The minimum absolute atomic E-state index is 0.00835. The molecule has 0 heterocycles. The van der Waals surface area contributed by atoms with Gasteiger partial charge in [-0.2, -0.15) is 0 Å². The second-order valence-corrected chi connectivity index (χ2v) is 5.65. The van der Waals surface area contributed by atoms with Crippen LogP contribution in [-0.2, 0) is 11.3 Å². The number of nitrogens with zero attached hydrogens (tertiary/aromatic N) is 1. The van der Waals surface area contributed by atoms with E-state index in [2.05, 4.69) is 15.9 Å². The summed E-state index contributed by atoms with van der Waals surface area (Å²) in [5.41, 5.74) is 7.32. The number of benzene rings is 2. The molecule has 1 amide bonds. The van der Waals surface area contributed by atoms with Crippen molar-refractivity contribution in [2.24, 2.45) is 0 Å². The zero-order valence-electron chi connectivity index (χ0n) is 11.8. The number of halogens is 1. The molecule has 0 unspecified atom stereocenters. The lowest BCUT2D eigenvalue weighted by atomic mass is 10.2. The summed E-state index contributed by atoms with van der Waals surface area (Å²) in [5.74, 6) is 0.556. The largest absolute Gasteiger partial charge is 0.484 e. The minimum Gasteiger partial charge on any atom is -0.484 e. The van der Waals surface area contributed by atoms with Crippen LogP contribution in [0.1, 0.15) is 5.56 Å². The van der Waals surface area contributed by atoms with Crippen LogP contribution in [0.2, 0.25) is 0 Å². The molecule has 0 radical (unpaired) electrons. The normalized spacial score (nSPS) is 10.2. The van der Waals surface area contributed by atoms with Crippen molar-refractivity contribution in [2.45, 2.75) is 6.54 Å². The molecular weight excluding hydrogens is 332 g/mol. The molecule has 2 aromatic carbocycles. The number of amides is 1. The quantitative estimate of drug-likeness (QED) is 0.844. The van der Waals surface area contributed by atoms with E-state index in [0.717, 1.165) is 10.0 Å². The van der Waals surface area contributed by atoms with Gasteiger partial charge in [-0.05, 0) is 42.0 Å². The maximum absolute atomic E-state index is 12.0. The molecule has 2 rings (SSSR count). The fourth-order valence-electron chi connectivity index (χ4n) is 1.82. The molecule has 110 valence electrons. The highest BCUT2D eigenvalue weighted by molar-refractivity contribution is 9.10. The maximum atomic E-state index is 12.0. The van der Waals surface area contributed by atoms with Gasteiger partial charge < -0.3 is 15.4 Å². The lowest BCUT2D eigenvalue weighted by Gasteiger charge is -2.17. The summed E-state index contributed by atoms with van der Waals surface area (Å²) >= 11 is 3.42. The second kappa shape index (κ2) is 7.13. The van der Waals surface area contributed by atoms with E-state index in [4.69, 9.17) is 10.5 Å². The van der Waals surface area contributed by atoms with Crippen molar-refractivity contribution in [1.29, 1.82) is 0 Å². The number of carbonyl (C=O) groups is 1. The Morgan fingerprint density at radius 1 is 1.24 bits per heavy atom. The van der Waals surface area contributed by atoms with E-state index >= 15 is 0 Å². The summed E-state index contributed by atoms with van der Waals surface area (Å²) in [6.07, 6.45) is 0. The van der Waals surface area contributed by atoms with Gasteiger partial charge in [0.2, 0.25) is 0 Å². The number of hydrogen-bond donors (Lipinski definition) is 1. The van der Waals surface area contributed by atoms with Crippen molar-refractivity contribution in [3.63, 3.8) is 0 Å². The molecular formula is C16H17BrN2O2. The average Bonchev–Trinajstić information content (AvgIpc) is 2.46. The van der Waals surface area contributed by atoms with Crippen molar-refractivity contribution < 1.29 is 9.53 Å². The Balaban J connectivity index is 1.86. The monoisotopic (exact) mass is 348 g/mol. The molecule has 21 heavy (non-hydrogen) atoms. The molecule has 0 atom stereocenters. The first-order valence-corrected chi connectivity index (χ1v) is 7.30. The Labute approximate surface area is 132 Å². The molecule has 5 heteroatoms. The fourth-order valence-corrected chi connectivity index (χ4v) is 2.26. The number of nitrogen functional groups attached to an aromatic ring is 1. The number of ether oxygens (including phenoxy) is 1. The third kappa shape index (κ3) is 4.79. The number of anilines is 1. The lowest BCUT2D eigenvalue weighted by Crippen LogP contribution is -2.30. The smallest absolute Gasteiger partial charge is 0.260 e. The Morgan fingerprint density at radius 3 is 2.62 bits per heavy atom. The van der Waals surface area contributed by atoms with E-state index in [1.807, 2.05) is 24.3 Å². The van der Waals surface area contributed by atoms with E-state index < -0.39 is 0 Å². The van der Waals surface area contributed by atoms with Gasteiger partial charge in [-0.15, -0.1) is 0 Å². The number of likely N-dealkylation sites (N-methyl/N-ethyl adjacent to an activating group) is 1. The summed E-state index contributed by atoms with van der Waals surface area (Å²) in [6, 6.07) is 14.8. The van der Waals surface area contributed by atoms with E-state index in [1.54, 1.807) is 36.2 Å². The van der Waals surface area contributed by atoms with Crippen LogP contribution < -0.4 is 10.5 Å². The van der Waals surface area contributed by atoms with Crippen LogP contribution >= 0.6 is 15.9 Å². The second-order valence-electron chi connectivity index (χ2n) is 4.74. The van der Waals surface area contributed by atoms with Gasteiger partial charge in [0, 0.05) is 23.8 Å². The molecule has 2 aromatic rings. The predicted octanol–water partition coefficient (Wildman–Crippen LogP) is 3.07. The zero-order chi connectivity index (χ0) is 15.2. The van der Waals surface area contributed by atoms with Gasteiger partial charge in [-0.25, -0.2) is 0 Å². The standard InChI is InChI=1S/C16H17BrN2O2/c1-19(10-12-3-2-4-13(17)9-12)16(20)11-21-15-7-5-14(18)6-8-15/h2-9H,10-11,18H2,1H3. The molecule has 0 fully saturated rings. The van der Waals surface area contributed by atoms with E-state index in [0.29, 0.717) is 18.0 Å². The van der Waals surface area contributed by atoms with Gasteiger partial charge in [0.05, 0.1) is 0 Å². The van der Waals surface area contributed by atoms with Crippen LogP contribution in [0.3, 0.4) is 0 Å². The Kier molecular flexibility index (Phi) is 5.22. The highest BCUT2D eigenvalue weighted by Gasteiger charge is 2.10. The van der Waals surface area contributed by atoms with Gasteiger partial charge >= 0.3 is 0 Å². The van der Waals surface area contributed by atoms with Crippen LogP contribution in [0, 0.1) is 0 Å². The summed E-state index contributed by atoms with van der Waals surface area (Å²) in [4.78, 5) is 13.7. The third-order valence-corrected chi connectivity index (χ3v) is 3.47. The van der Waals surface area contributed by atoms with Gasteiger partial charge in [-0.3, -0.25) is 4.79 Å². The van der Waals surface area contributed by atoms with Gasteiger partial charge in [-0.1, -0.05) is 28.1 Å². The average molecular weight is 349 g/mol. The van der Waals surface area contributed by atoms with Crippen molar-refractivity contribution in [3.8, 4) is 5.75 Å². The lowest BCUT2D eigenvalue weighted by molar-refractivity contribution is -0.132. The zero-order valence-corrected chi connectivity index (χ0v) is 13.3. The summed E-state index contributed by atoms with van der Waals surface area (Å²) in [5, 5.41) is 0. The van der Waals surface area contributed by atoms with E-state index in [1.165, 1.54) is 0 Å². The molecule has 2 N–H and O–H groups in total. The molecule has 4 nitrogen and oxygen atoms in total. The molecule has 0 aromatic heterocycles. The van der Waals surface area contributed by atoms with Crippen molar-refractivity contribution >= 4 is 27.5 Å². The van der Waals surface area contributed by atoms with Gasteiger partial charge in [0.25, 0.3) is 5.91 Å². The molecule has 0 aliphatic heterocycles. The minimum atomic E-state index is -0.0770. The molecule has 0 saturated heterocycles. The fraction of sp³-hybridized carbons (Fsp3) is 0.188. The topological polar surface area (TPSA) is 55.6 Å². The van der Waals surface area contributed by atoms with Crippen LogP contribution in [0.15, 0.2) is 53.0 Å². The number of rotatable bonds is 5. The first kappa shape index (κ1) is 15.4. The van der Waals surface area contributed by atoms with Crippen LogP contribution in [-0.4, -0.2) is 24.5 Å². The first-order chi connectivity index (χ1) is 10.0. The van der Waals surface area contributed by atoms with E-state index in [9.17, 15) is 4.79 Å². The van der Waals surface area contributed by atoms with Crippen molar-refractivity contribution in [2.75, 3.05) is 19.4 Å². The number of nitrogens with two attached hydrogens (primary N) is 1. The highest BCUT2D eigenvalue weighted by Crippen LogP contribution is 2.14. The van der Waals surface area contributed by atoms with Gasteiger partial charge in [0.1, 0.15) is 5.75 Å².